The van der Waals surface area contributed by atoms with Crippen LogP contribution in [0.2, 0.25) is 0 Å². The highest BCUT2D eigenvalue weighted by molar-refractivity contribution is 5.48. The van der Waals surface area contributed by atoms with Gasteiger partial charge >= 0.3 is 0 Å². The van der Waals surface area contributed by atoms with E-state index in [2.05, 4.69) is 9.97 Å². The van der Waals surface area contributed by atoms with E-state index >= 15 is 0 Å². The summed E-state index contributed by atoms with van der Waals surface area (Å²) in [4.78, 5) is 19.5. The molecular formula is C19H19FN4O2. The molecule has 0 saturated heterocycles. The van der Waals surface area contributed by atoms with Crippen LogP contribution < -0.4 is 0 Å². The maximum Gasteiger partial charge on any atom is 0.294 e. The molecule has 1 aromatic carbocycles. The summed E-state index contributed by atoms with van der Waals surface area (Å²) in [5, 5.41) is 11.5. The first-order chi connectivity index (χ1) is 12.4. The van der Waals surface area contributed by atoms with Crippen molar-refractivity contribution in [2.24, 2.45) is 0 Å². The van der Waals surface area contributed by atoms with Crippen LogP contribution in [0, 0.1) is 29.8 Å². The zero-order valence-electron chi connectivity index (χ0n) is 14.9. The summed E-state index contributed by atoms with van der Waals surface area (Å²) in [7, 11) is 0. The molecule has 3 rings (SSSR count). The van der Waals surface area contributed by atoms with Gasteiger partial charge in [-0.2, -0.15) is 0 Å². The molecule has 134 valence electrons. The molecule has 0 bridgehead atoms. The summed E-state index contributed by atoms with van der Waals surface area (Å²) in [6.07, 6.45) is 4.03. The average Bonchev–Trinajstić information content (AvgIpc) is 3.00. The van der Waals surface area contributed by atoms with Crippen molar-refractivity contribution in [3.63, 3.8) is 0 Å². The molecule has 0 atom stereocenters. The molecule has 3 aromatic rings. The van der Waals surface area contributed by atoms with Crippen LogP contribution >= 0.6 is 0 Å². The number of hydrogen-bond donors (Lipinski definition) is 0. The Labute approximate surface area is 150 Å². The molecule has 0 amide bonds. The number of rotatable bonds is 5. The standard InChI is InChI=1S/C19H19FN4O2/c1-4-15-7-12(2)22-17(19(15)24(25)26)9-14-5-6-18(16(20)8-14)23-10-13(3)21-11-23/h5-8,10-11H,4,9H2,1-3H3. The molecule has 26 heavy (non-hydrogen) atoms. The van der Waals surface area contributed by atoms with Crippen LogP contribution in [-0.4, -0.2) is 19.5 Å². The highest BCUT2D eigenvalue weighted by Gasteiger charge is 2.21. The van der Waals surface area contributed by atoms with Crippen LogP contribution in [0.1, 0.15) is 35.1 Å². The second-order valence-corrected chi connectivity index (χ2v) is 6.21. The molecule has 0 saturated carbocycles. The lowest BCUT2D eigenvalue weighted by atomic mass is 10.0. The third kappa shape index (κ3) is 3.46. The molecule has 0 unspecified atom stereocenters. The zero-order valence-corrected chi connectivity index (χ0v) is 14.9. The lowest BCUT2D eigenvalue weighted by Gasteiger charge is -2.10. The summed E-state index contributed by atoms with van der Waals surface area (Å²) < 4.78 is 16.1. The lowest BCUT2D eigenvalue weighted by Crippen LogP contribution is -2.06. The van der Waals surface area contributed by atoms with E-state index in [-0.39, 0.29) is 12.1 Å². The molecule has 6 nitrogen and oxygen atoms in total. The second kappa shape index (κ2) is 7.03. The van der Waals surface area contributed by atoms with Crippen LogP contribution in [0.5, 0.6) is 0 Å². The van der Waals surface area contributed by atoms with E-state index in [0.717, 1.165) is 5.69 Å². The fourth-order valence-electron chi connectivity index (χ4n) is 3.04. The van der Waals surface area contributed by atoms with Crippen molar-refractivity contribution in [1.29, 1.82) is 0 Å². The Morgan fingerprint density at radius 3 is 2.58 bits per heavy atom. The quantitative estimate of drug-likeness (QED) is 0.511. The number of imidazole rings is 1. The van der Waals surface area contributed by atoms with Gasteiger partial charge in [-0.15, -0.1) is 0 Å². The largest absolute Gasteiger partial charge is 0.303 e. The van der Waals surface area contributed by atoms with Gasteiger partial charge in [-0.05, 0) is 44.0 Å². The molecule has 0 N–H and O–H groups in total. The third-order valence-corrected chi connectivity index (χ3v) is 4.21. The van der Waals surface area contributed by atoms with E-state index < -0.39 is 10.7 Å². The van der Waals surface area contributed by atoms with E-state index in [0.29, 0.717) is 34.6 Å². The molecular weight excluding hydrogens is 335 g/mol. The molecule has 0 aliphatic heterocycles. The van der Waals surface area contributed by atoms with Gasteiger partial charge in [0.25, 0.3) is 5.69 Å². The zero-order chi connectivity index (χ0) is 18.8. The van der Waals surface area contributed by atoms with Crippen molar-refractivity contribution in [3.8, 4) is 5.69 Å². The van der Waals surface area contributed by atoms with E-state index in [1.165, 1.54) is 6.07 Å². The molecule has 2 aromatic heterocycles. The summed E-state index contributed by atoms with van der Waals surface area (Å²) in [5.41, 5.74) is 3.55. The summed E-state index contributed by atoms with van der Waals surface area (Å²) >= 11 is 0. The van der Waals surface area contributed by atoms with Crippen LogP contribution in [0.25, 0.3) is 5.69 Å². The molecule has 0 aliphatic rings. The molecule has 0 radical (unpaired) electrons. The fraction of sp³-hybridized carbons (Fsp3) is 0.263. The van der Waals surface area contributed by atoms with Crippen LogP contribution in [0.3, 0.4) is 0 Å². The van der Waals surface area contributed by atoms with Gasteiger partial charge in [0.15, 0.2) is 0 Å². The first kappa shape index (κ1) is 17.7. The number of nitro groups is 1. The Kier molecular flexibility index (Phi) is 4.79. The van der Waals surface area contributed by atoms with Gasteiger partial charge in [0.1, 0.15) is 11.5 Å². The Morgan fingerprint density at radius 1 is 1.23 bits per heavy atom. The van der Waals surface area contributed by atoms with Crippen molar-refractivity contribution < 1.29 is 9.31 Å². The van der Waals surface area contributed by atoms with Gasteiger partial charge in [-0.25, -0.2) is 9.37 Å². The van der Waals surface area contributed by atoms with E-state index in [9.17, 15) is 14.5 Å². The van der Waals surface area contributed by atoms with E-state index in [1.807, 2.05) is 13.8 Å². The minimum atomic E-state index is -0.411. The van der Waals surface area contributed by atoms with Crippen molar-refractivity contribution >= 4 is 5.69 Å². The van der Waals surface area contributed by atoms with E-state index in [4.69, 9.17) is 0 Å². The Balaban J connectivity index is 1.98. The van der Waals surface area contributed by atoms with Crippen molar-refractivity contribution in [2.75, 3.05) is 0 Å². The second-order valence-electron chi connectivity index (χ2n) is 6.21. The summed E-state index contributed by atoms with van der Waals surface area (Å²) in [5.74, 6) is -0.411. The highest BCUT2D eigenvalue weighted by Crippen LogP contribution is 2.27. The maximum atomic E-state index is 14.5. The maximum absolute atomic E-state index is 14.5. The smallest absolute Gasteiger partial charge is 0.294 e. The summed E-state index contributed by atoms with van der Waals surface area (Å²) in [6.45, 7) is 5.50. The van der Waals surface area contributed by atoms with Crippen LogP contribution in [-0.2, 0) is 12.8 Å². The molecule has 7 heteroatoms. The SMILES string of the molecule is CCc1cc(C)nc(Cc2ccc(-n3cnc(C)c3)c(F)c2)c1[N+](=O)[O-]. The number of halogens is 1. The van der Waals surface area contributed by atoms with Gasteiger partial charge < -0.3 is 4.57 Å². The van der Waals surface area contributed by atoms with Gasteiger partial charge in [-0.3, -0.25) is 15.1 Å². The lowest BCUT2D eigenvalue weighted by molar-refractivity contribution is -0.386. The predicted molar refractivity (Wildman–Crippen MR) is 96.1 cm³/mol. The minimum absolute atomic E-state index is 0.0211. The van der Waals surface area contributed by atoms with Gasteiger partial charge in [0.05, 0.1) is 22.6 Å². The number of benzene rings is 1. The van der Waals surface area contributed by atoms with Crippen molar-refractivity contribution in [1.82, 2.24) is 14.5 Å². The molecule has 2 heterocycles. The van der Waals surface area contributed by atoms with Crippen LogP contribution in [0.15, 0.2) is 36.8 Å². The number of aryl methyl sites for hydroxylation is 3. The van der Waals surface area contributed by atoms with Crippen molar-refractivity contribution in [3.05, 3.63) is 80.9 Å². The monoisotopic (exact) mass is 354 g/mol. The third-order valence-electron chi connectivity index (χ3n) is 4.21. The van der Waals surface area contributed by atoms with Crippen molar-refractivity contribution in [2.45, 2.75) is 33.6 Å². The normalized spacial score (nSPS) is 10.9. The predicted octanol–water partition coefficient (Wildman–Crippen LogP) is 4.08. The Hall–Kier alpha value is -3.09. The number of nitrogens with zero attached hydrogens (tertiary/aromatic N) is 4. The van der Waals surface area contributed by atoms with Gasteiger partial charge in [0, 0.05) is 23.9 Å². The first-order valence-electron chi connectivity index (χ1n) is 8.32. The van der Waals surface area contributed by atoms with E-state index in [1.54, 1.807) is 42.2 Å². The minimum Gasteiger partial charge on any atom is -0.303 e. The number of pyridine rings is 1. The number of hydrogen-bond acceptors (Lipinski definition) is 4. The topological polar surface area (TPSA) is 73.8 Å². The molecule has 0 fully saturated rings. The highest BCUT2D eigenvalue weighted by atomic mass is 19.1. The summed E-state index contributed by atoms with van der Waals surface area (Å²) in [6, 6.07) is 6.53. The Morgan fingerprint density at radius 2 is 2.00 bits per heavy atom. The number of aromatic nitrogens is 3. The van der Waals surface area contributed by atoms with Crippen LogP contribution in [0.4, 0.5) is 10.1 Å². The first-order valence-corrected chi connectivity index (χ1v) is 8.32. The van der Waals surface area contributed by atoms with Gasteiger partial charge in [-0.1, -0.05) is 13.0 Å². The fourth-order valence-corrected chi connectivity index (χ4v) is 3.04. The molecule has 0 spiro atoms. The molecule has 0 aliphatic carbocycles. The van der Waals surface area contributed by atoms with Gasteiger partial charge in [0.2, 0.25) is 0 Å². The average molecular weight is 354 g/mol. The Bertz CT molecular complexity index is 982.